The first-order chi connectivity index (χ1) is 12.7. The van der Waals surface area contributed by atoms with E-state index in [2.05, 4.69) is 25.5 Å². The van der Waals surface area contributed by atoms with Gasteiger partial charge in [-0.3, -0.25) is 9.97 Å². The van der Waals surface area contributed by atoms with Crippen molar-refractivity contribution in [1.82, 2.24) is 20.2 Å². The van der Waals surface area contributed by atoms with E-state index in [0.717, 1.165) is 36.2 Å². The molecule has 0 saturated heterocycles. The number of hydrogen-bond acceptors (Lipinski definition) is 5. The maximum atomic E-state index is 14.2. The van der Waals surface area contributed by atoms with Crippen LogP contribution in [0.25, 0.3) is 11.3 Å². The monoisotopic (exact) mass is 349 g/mol. The zero-order valence-electron chi connectivity index (χ0n) is 14.6. The van der Waals surface area contributed by atoms with Crippen molar-refractivity contribution in [3.8, 4) is 11.3 Å². The summed E-state index contributed by atoms with van der Waals surface area (Å²) in [6.45, 7) is 2.55. The normalized spacial score (nSPS) is 15.3. The fourth-order valence-corrected chi connectivity index (χ4v) is 3.46. The van der Waals surface area contributed by atoms with Crippen molar-refractivity contribution in [2.45, 2.75) is 31.6 Å². The van der Waals surface area contributed by atoms with E-state index in [-0.39, 0.29) is 11.2 Å². The van der Waals surface area contributed by atoms with Crippen LogP contribution in [-0.4, -0.2) is 26.7 Å². The lowest BCUT2D eigenvalue weighted by atomic mass is 9.66. The average molecular weight is 349 g/mol. The molecule has 1 aliphatic carbocycles. The molecule has 0 unspecified atom stereocenters. The molecular weight excluding hydrogens is 329 g/mol. The third-order valence-electron chi connectivity index (χ3n) is 5.13. The van der Waals surface area contributed by atoms with Crippen molar-refractivity contribution < 1.29 is 4.39 Å². The molecule has 5 nitrogen and oxygen atoms in total. The van der Waals surface area contributed by atoms with Gasteiger partial charge in [0.25, 0.3) is 0 Å². The maximum absolute atomic E-state index is 14.2. The second-order valence-corrected chi connectivity index (χ2v) is 6.76. The summed E-state index contributed by atoms with van der Waals surface area (Å²) < 4.78 is 14.2. The van der Waals surface area contributed by atoms with Crippen LogP contribution in [0.1, 0.15) is 30.7 Å². The molecule has 132 valence electrons. The van der Waals surface area contributed by atoms with Crippen LogP contribution in [0, 0.1) is 12.7 Å². The molecule has 1 fully saturated rings. The molecule has 1 aliphatic rings. The molecule has 4 rings (SSSR count). The Hall–Kier alpha value is -2.89. The number of anilines is 1. The van der Waals surface area contributed by atoms with Crippen LogP contribution in [0.15, 0.2) is 48.8 Å². The van der Waals surface area contributed by atoms with Gasteiger partial charge in [0, 0.05) is 35.6 Å². The standard InChI is InChI=1S/C20H20FN5/c1-14-15(5-2-11-22-14)17-7-8-18(26-25-17)24-13-20(9-4-10-20)19-16(21)6-3-12-23-19/h2-3,5-8,11-12H,4,9-10,13H2,1H3,(H,24,26). The molecule has 6 heteroatoms. The molecule has 3 heterocycles. The van der Waals surface area contributed by atoms with Gasteiger partial charge < -0.3 is 5.32 Å². The van der Waals surface area contributed by atoms with Crippen molar-refractivity contribution in [1.29, 1.82) is 0 Å². The molecule has 0 bridgehead atoms. The first-order valence-corrected chi connectivity index (χ1v) is 8.79. The van der Waals surface area contributed by atoms with E-state index in [1.165, 1.54) is 6.07 Å². The number of halogens is 1. The van der Waals surface area contributed by atoms with Gasteiger partial charge in [-0.1, -0.05) is 6.42 Å². The Morgan fingerprint density at radius 1 is 1.04 bits per heavy atom. The van der Waals surface area contributed by atoms with Gasteiger partial charge in [0.2, 0.25) is 0 Å². The average Bonchev–Trinajstić information content (AvgIpc) is 2.63. The van der Waals surface area contributed by atoms with E-state index in [4.69, 9.17) is 0 Å². The molecule has 0 atom stereocenters. The molecule has 3 aromatic heterocycles. The summed E-state index contributed by atoms with van der Waals surface area (Å²) >= 11 is 0. The third kappa shape index (κ3) is 3.03. The lowest BCUT2D eigenvalue weighted by Gasteiger charge is -2.41. The van der Waals surface area contributed by atoms with Gasteiger partial charge in [-0.2, -0.15) is 0 Å². The van der Waals surface area contributed by atoms with Gasteiger partial charge in [0.15, 0.2) is 0 Å². The molecule has 1 N–H and O–H groups in total. The molecule has 26 heavy (non-hydrogen) atoms. The van der Waals surface area contributed by atoms with Gasteiger partial charge in [0.1, 0.15) is 11.6 Å². The number of aromatic nitrogens is 4. The molecule has 1 saturated carbocycles. The fourth-order valence-electron chi connectivity index (χ4n) is 3.46. The first kappa shape index (κ1) is 16.6. The lowest BCUT2D eigenvalue weighted by Crippen LogP contribution is -2.42. The van der Waals surface area contributed by atoms with Gasteiger partial charge in [0.05, 0.1) is 11.4 Å². The molecule has 0 aromatic carbocycles. The highest BCUT2D eigenvalue weighted by Gasteiger charge is 2.41. The van der Waals surface area contributed by atoms with Crippen molar-refractivity contribution >= 4 is 5.82 Å². The minimum Gasteiger partial charge on any atom is -0.368 e. The number of aryl methyl sites for hydroxylation is 1. The largest absolute Gasteiger partial charge is 0.368 e. The molecule has 0 spiro atoms. The van der Waals surface area contributed by atoms with Crippen LogP contribution in [0.3, 0.4) is 0 Å². The first-order valence-electron chi connectivity index (χ1n) is 8.79. The highest BCUT2D eigenvalue weighted by molar-refractivity contribution is 5.61. The summed E-state index contributed by atoms with van der Waals surface area (Å²) in [7, 11) is 0. The van der Waals surface area contributed by atoms with Gasteiger partial charge in [-0.25, -0.2) is 4.39 Å². The van der Waals surface area contributed by atoms with E-state index in [0.29, 0.717) is 18.1 Å². The van der Waals surface area contributed by atoms with E-state index in [9.17, 15) is 4.39 Å². The van der Waals surface area contributed by atoms with Crippen molar-refractivity contribution in [2.24, 2.45) is 0 Å². The summed E-state index contributed by atoms with van der Waals surface area (Å²) in [5.74, 6) is 0.445. The van der Waals surface area contributed by atoms with Crippen molar-refractivity contribution in [2.75, 3.05) is 11.9 Å². The Labute approximate surface area is 151 Å². The number of hydrogen-bond donors (Lipinski definition) is 1. The smallest absolute Gasteiger partial charge is 0.148 e. The quantitative estimate of drug-likeness (QED) is 0.756. The van der Waals surface area contributed by atoms with E-state index >= 15 is 0 Å². The van der Waals surface area contributed by atoms with E-state index < -0.39 is 0 Å². The van der Waals surface area contributed by atoms with Crippen LogP contribution >= 0.6 is 0 Å². The summed E-state index contributed by atoms with van der Waals surface area (Å²) in [4.78, 5) is 8.57. The summed E-state index contributed by atoms with van der Waals surface area (Å²) in [6, 6.07) is 10.8. The SMILES string of the molecule is Cc1ncccc1-c1ccc(NCC2(c3ncccc3F)CCC2)nn1. The van der Waals surface area contributed by atoms with Gasteiger partial charge in [-0.05, 0) is 56.2 Å². The maximum Gasteiger partial charge on any atom is 0.148 e. The highest BCUT2D eigenvalue weighted by Crippen LogP contribution is 2.43. The predicted octanol–water partition coefficient (Wildman–Crippen LogP) is 3.91. The Morgan fingerprint density at radius 2 is 1.85 bits per heavy atom. The van der Waals surface area contributed by atoms with Gasteiger partial charge >= 0.3 is 0 Å². The zero-order chi connectivity index (χ0) is 18.0. The van der Waals surface area contributed by atoms with E-state index in [1.807, 2.05) is 31.2 Å². The topological polar surface area (TPSA) is 63.6 Å². The highest BCUT2D eigenvalue weighted by atomic mass is 19.1. The van der Waals surface area contributed by atoms with Crippen LogP contribution in [0.5, 0.6) is 0 Å². The van der Waals surface area contributed by atoms with Crippen LogP contribution in [-0.2, 0) is 5.41 Å². The molecule has 0 radical (unpaired) electrons. The predicted molar refractivity (Wildman–Crippen MR) is 98.2 cm³/mol. The van der Waals surface area contributed by atoms with Crippen LogP contribution in [0.4, 0.5) is 10.2 Å². The lowest BCUT2D eigenvalue weighted by molar-refractivity contribution is 0.243. The fraction of sp³-hybridized carbons (Fsp3) is 0.300. The minimum atomic E-state index is -0.258. The zero-order valence-corrected chi connectivity index (χ0v) is 14.6. The summed E-state index contributed by atoms with van der Waals surface area (Å²) in [6.07, 6.45) is 6.35. The molecule has 0 aliphatic heterocycles. The second-order valence-electron chi connectivity index (χ2n) is 6.76. The molecule has 3 aromatic rings. The Kier molecular flexibility index (Phi) is 4.32. The van der Waals surface area contributed by atoms with Crippen LogP contribution < -0.4 is 5.32 Å². The van der Waals surface area contributed by atoms with Crippen molar-refractivity contribution in [3.63, 3.8) is 0 Å². The number of nitrogens with zero attached hydrogens (tertiary/aromatic N) is 4. The van der Waals surface area contributed by atoms with E-state index in [1.54, 1.807) is 18.5 Å². The molecule has 0 amide bonds. The number of rotatable bonds is 5. The van der Waals surface area contributed by atoms with Gasteiger partial charge in [-0.15, -0.1) is 10.2 Å². The minimum absolute atomic E-state index is 0.234. The van der Waals surface area contributed by atoms with Crippen molar-refractivity contribution in [3.05, 3.63) is 66.0 Å². The Morgan fingerprint density at radius 3 is 2.50 bits per heavy atom. The Bertz CT molecular complexity index is 906. The number of pyridine rings is 2. The van der Waals surface area contributed by atoms with Crippen LogP contribution in [0.2, 0.25) is 0 Å². The third-order valence-corrected chi connectivity index (χ3v) is 5.13. The summed E-state index contributed by atoms with van der Waals surface area (Å²) in [5, 5.41) is 11.9. The second kappa shape index (κ2) is 6.78. The molecular formula is C20H20FN5. The summed E-state index contributed by atoms with van der Waals surface area (Å²) in [5.41, 5.74) is 2.97. The Balaban J connectivity index is 1.50. The number of nitrogens with one attached hydrogen (secondary N) is 1.